The fourth-order valence-corrected chi connectivity index (χ4v) is 4.58. The van der Waals surface area contributed by atoms with E-state index in [-0.39, 0.29) is 31.0 Å². The minimum atomic E-state index is -0.929. The summed E-state index contributed by atoms with van der Waals surface area (Å²) in [6.07, 6.45) is 0.503. The van der Waals surface area contributed by atoms with Crippen LogP contribution < -0.4 is 10.1 Å². The largest absolute Gasteiger partial charge is 0.497 e. The lowest BCUT2D eigenvalue weighted by molar-refractivity contribution is -0.151. The molecule has 0 saturated heterocycles. The number of methoxy groups -OCH3 is 2. The van der Waals surface area contributed by atoms with Gasteiger partial charge < -0.3 is 24.3 Å². The number of ketones is 1. The molecule has 3 atom stereocenters. The molecule has 0 saturated carbocycles. The van der Waals surface area contributed by atoms with E-state index in [1.807, 2.05) is 32.9 Å². The van der Waals surface area contributed by atoms with Gasteiger partial charge in [-0.3, -0.25) is 9.59 Å². The highest BCUT2D eigenvalue weighted by Crippen LogP contribution is 2.45. The van der Waals surface area contributed by atoms with Crippen molar-refractivity contribution in [2.45, 2.75) is 46.1 Å². The van der Waals surface area contributed by atoms with Crippen LogP contribution in [0.5, 0.6) is 5.75 Å². The van der Waals surface area contributed by atoms with Crippen molar-refractivity contribution in [1.29, 1.82) is 0 Å². The number of nitrogens with one attached hydrogen (secondary N) is 1. The SMILES string of the molecule is COC(=O)[C@@H]1C(=O)C2=C(C[C@H]1C)NC(C)=C(C(=O)OCCOC(C)C)[C@H]2c1ccc(OC)cc1. The Labute approximate surface area is 200 Å². The number of dihydropyridines is 1. The second-order valence-electron chi connectivity index (χ2n) is 8.86. The number of carbonyl (C=O) groups excluding carboxylic acids is 3. The molecule has 1 aliphatic carbocycles. The highest BCUT2D eigenvalue weighted by Gasteiger charge is 2.47. The van der Waals surface area contributed by atoms with Gasteiger partial charge in [-0.25, -0.2) is 4.79 Å². The third-order valence-corrected chi connectivity index (χ3v) is 6.18. The number of benzene rings is 1. The summed E-state index contributed by atoms with van der Waals surface area (Å²) in [4.78, 5) is 39.4. The van der Waals surface area contributed by atoms with Crippen LogP contribution in [0.25, 0.3) is 0 Å². The van der Waals surface area contributed by atoms with Gasteiger partial charge in [-0.05, 0) is 50.8 Å². The molecule has 0 amide bonds. The lowest BCUT2D eigenvalue weighted by Crippen LogP contribution is -2.43. The summed E-state index contributed by atoms with van der Waals surface area (Å²) in [6.45, 7) is 7.81. The van der Waals surface area contributed by atoms with Crippen LogP contribution in [0.4, 0.5) is 0 Å². The van der Waals surface area contributed by atoms with Crippen molar-refractivity contribution < 1.29 is 33.3 Å². The molecular weight excluding hydrogens is 438 g/mol. The Hall–Kier alpha value is -3.13. The number of allylic oxidation sites excluding steroid dienone is 3. The number of esters is 2. The zero-order chi connectivity index (χ0) is 25.0. The maximum Gasteiger partial charge on any atom is 0.336 e. The number of ether oxygens (including phenoxy) is 4. The number of Topliss-reactive ketones (excluding diaryl/α,β-unsaturated/α-hetero) is 1. The number of hydrogen-bond donors (Lipinski definition) is 1. The van der Waals surface area contributed by atoms with Crippen LogP contribution in [-0.4, -0.2) is 51.3 Å². The second kappa shape index (κ2) is 10.9. The Kier molecular flexibility index (Phi) is 8.15. The smallest absolute Gasteiger partial charge is 0.336 e. The second-order valence-corrected chi connectivity index (χ2v) is 8.86. The summed E-state index contributed by atoms with van der Waals surface area (Å²) in [6, 6.07) is 7.20. The predicted octanol–water partition coefficient (Wildman–Crippen LogP) is 3.28. The lowest BCUT2D eigenvalue weighted by atomic mass is 9.69. The van der Waals surface area contributed by atoms with Crippen molar-refractivity contribution in [2.24, 2.45) is 11.8 Å². The van der Waals surface area contributed by atoms with Crippen LogP contribution in [0.1, 0.15) is 45.6 Å². The van der Waals surface area contributed by atoms with Crippen molar-refractivity contribution in [3.63, 3.8) is 0 Å². The van der Waals surface area contributed by atoms with Gasteiger partial charge in [0.15, 0.2) is 5.78 Å². The van der Waals surface area contributed by atoms with Gasteiger partial charge >= 0.3 is 11.9 Å². The summed E-state index contributed by atoms with van der Waals surface area (Å²) in [5.41, 5.74) is 2.79. The average Bonchev–Trinajstić information content (AvgIpc) is 2.80. The summed E-state index contributed by atoms with van der Waals surface area (Å²) < 4.78 is 21.2. The maximum atomic E-state index is 13.7. The molecule has 1 heterocycles. The minimum absolute atomic E-state index is 0.0212. The molecule has 0 spiro atoms. The van der Waals surface area contributed by atoms with Crippen LogP contribution in [-0.2, 0) is 28.6 Å². The van der Waals surface area contributed by atoms with Gasteiger partial charge in [-0.15, -0.1) is 0 Å². The number of carbonyl (C=O) groups is 3. The molecule has 184 valence electrons. The number of rotatable bonds is 8. The molecule has 8 heteroatoms. The predicted molar refractivity (Wildman–Crippen MR) is 125 cm³/mol. The van der Waals surface area contributed by atoms with Gasteiger partial charge in [0.05, 0.1) is 32.5 Å². The third kappa shape index (κ3) is 5.17. The maximum absolute atomic E-state index is 13.7. The molecule has 0 bridgehead atoms. The minimum Gasteiger partial charge on any atom is -0.497 e. The fourth-order valence-electron chi connectivity index (χ4n) is 4.58. The van der Waals surface area contributed by atoms with E-state index in [1.54, 1.807) is 26.2 Å². The van der Waals surface area contributed by atoms with Gasteiger partial charge in [0.2, 0.25) is 0 Å². The summed E-state index contributed by atoms with van der Waals surface area (Å²) >= 11 is 0. The number of hydrogen-bond acceptors (Lipinski definition) is 8. The fraction of sp³-hybridized carbons (Fsp3) is 0.500. The molecule has 0 fully saturated rings. The summed E-state index contributed by atoms with van der Waals surface area (Å²) in [7, 11) is 2.84. The van der Waals surface area contributed by atoms with Gasteiger partial charge in [0.25, 0.3) is 0 Å². The molecule has 1 aromatic carbocycles. The third-order valence-electron chi connectivity index (χ3n) is 6.18. The van der Waals surface area contributed by atoms with Gasteiger partial charge in [0, 0.05) is 22.9 Å². The lowest BCUT2D eigenvalue weighted by Gasteiger charge is -2.38. The molecule has 1 aromatic rings. The van der Waals surface area contributed by atoms with Crippen molar-refractivity contribution >= 4 is 17.7 Å². The van der Waals surface area contributed by atoms with Crippen LogP contribution in [0, 0.1) is 11.8 Å². The summed E-state index contributed by atoms with van der Waals surface area (Å²) in [5.74, 6) is -2.65. The summed E-state index contributed by atoms with van der Waals surface area (Å²) in [5, 5.41) is 3.25. The van der Waals surface area contributed by atoms with E-state index in [9.17, 15) is 14.4 Å². The topological polar surface area (TPSA) is 100 Å². The van der Waals surface area contributed by atoms with Crippen LogP contribution in [0.3, 0.4) is 0 Å². The van der Waals surface area contributed by atoms with E-state index in [0.717, 1.165) is 11.3 Å². The van der Waals surface area contributed by atoms with Gasteiger partial charge in [-0.1, -0.05) is 19.1 Å². The normalized spacial score (nSPS) is 22.3. The molecule has 0 aromatic heterocycles. The van der Waals surface area contributed by atoms with Crippen LogP contribution in [0.15, 0.2) is 46.8 Å². The molecule has 1 N–H and O–H groups in total. The van der Waals surface area contributed by atoms with Gasteiger partial charge in [0.1, 0.15) is 18.3 Å². The molecule has 0 radical (unpaired) electrons. The first-order valence-electron chi connectivity index (χ1n) is 11.4. The van der Waals surface area contributed by atoms with E-state index in [1.165, 1.54) is 7.11 Å². The van der Waals surface area contributed by atoms with E-state index >= 15 is 0 Å². The van der Waals surface area contributed by atoms with Crippen LogP contribution >= 0.6 is 0 Å². The van der Waals surface area contributed by atoms with Crippen molar-refractivity contribution in [1.82, 2.24) is 5.32 Å². The zero-order valence-corrected chi connectivity index (χ0v) is 20.6. The Balaban J connectivity index is 2.03. The molecule has 0 unspecified atom stereocenters. The quantitative estimate of drug-likeness (QED) is 0.350. The van der Waals surface area contributed by atoms with Crippen molar-refractivity contribution in [3.8, 4) is 5.75 Å². The van der Waals surface area contributed by atoms with Crippen LogP contribution in [0.2, 0.25) is 0 Å². The molecule has 1 aliphatic heterocycles. The van der Waals surface area contributed by atoms with Crippen molar-refractivity contribution in [3.05, 3.63) is 52.4 Å². The zero-order valence-electron chi connectivity index (χ0n) is 20.6. The molecule has 8 nitrogen and oxygen atoms in total. The highest BCUT2D eigenvalue weighted by atomic mass is 16.6. The molecule has 3 rings (SSSR count). The average molecular weight is 472 g/mol. The van der Waals surface area contributed by atoms with E-state index in [0.29, 0.717) is 29.0 Å². The van der Waals surface area contributed by atoms with E-state index in [2.05, 4.69) is 5.32 Å². The monoisotopic (exact) mass is 471 g/mol. The van der Waals surface area contributed by atoms with Crippen molar-refractivity contribution in [2.75, 3.05) is 27.4 Å². The molecular formula is C26H33NO7. The first kappa shape index (κ1) is 25.5. The first-order chi connectivity index (χ1) is 16.2. The highest BCUT2D eigenvalue weighted by molar-refractivity contribution is 6.12. The van der Waals surface area contributed by atoms with E-state index < -0.39 is 23.8 Å². The Bertz CT molecular complexity index is 1010. The Morgan fingerprint density at radius 2 is 1.79 bits per heavy atom. The Morgan fingerprint density at radius 1 is 1.12 bits per heavy atom. The van der Waals surface area contributed by atoms with E-state index in [4.69, 9.17) is 18.9 Å². The van der Waals surface area contributed by atoms with Gasteiger partial charge in [-0.2, -0.15) is 0 Å². The molecule has 34 heavy (non-hydrogen) atoms. The first-order valence-corrected chi connectivity index (χ1v) is 11.4. The Morgan fingerprint density at radius 3 is 2.38 bits per heavy atom. The standard InChI is InChI=1S/C26H33NO7/c1-14(2)33-11-12-34-26(30)21-16(4)27-19-13-15(3)20(25(29)32-6)24(28)23(19)22(21)17-7-9-18(31-5)10-8-17/h7-10,14-15,20,22,27H,11-13H2,1-6H3/t15-,20+,22-/m1/s1. The molecule has 2 aliphatic rings.